The van der Waals surface area contributed by atoms with Crippen LogP contribution in [0.25, 0.3) is 21.8 Å². The number of ether oxygens (including phenoxy) is 1. The van der Waals surface area contributed by atoms with Crippen LogP contribution in [0.4, 0.5) is 0 Å². The molecule has 0 amide bonds. The maximum absolute atomic E-state index is 9.01. The summed E-state index contributed by atoms with van der Waals surface area (Å²) in [6, 6.07) is 9.84. The van der Waals surface area contributed by atoms with Gasteiger partial charge in [0.2, 0.25) is 0 Å². The van der Waals surface area contributed by atoms with Gasteiger partial charge in [0, 0.05) is 23.0 Å². The van der Waals surface area contributed by atoms with Crippen LogP contribution in [0, 0.1) is 11.3 Å². The van der Waals surface area contributed by atoms with Crippen molar-refractivity contribution in [2.45, 2.75) is 6.54 Å². The van der Waals surface area contributed by atoms with Crippen molar-refractivity contribution < 1.29 is 4.74 Å². The largest absolute Gasteiger partial charge is 0.497 e. The predicted octanol–water partition coefficient (Wildman–Crippen LogP) is 3.38. The van der Waals surface area contributed by atoms with Crippen molar-refractivity contribution in [3.05, 3.63) is 35.6 Å². The minimum absolute atomic E-state index is 0.221. The second-order valence-electron chi connectivity index (χ2n) is 4.13. The summed E-state index contributed by atoms with van der Waals surface area (Å²) in [5.41, 5.74) is 1.71. The van der Waals surface area contributed by atoms with Gasteiger partial charge < -0.3 is 9.30 Å². The van der Waals surface area contributed by atoms with E-state index < -0.39 is 0 Å². The Labute approximate surface area is 114 Å². The molecule has 3 aromatic rings. The number of aromatic nitrogens is 2. The zero-order chi connectivity index (χ0) is 13.4. The Morgan fingerprint density at radius 2 is 2.21 bits per heavy atom. The molecule has 0 N–H and O–H groups in total. The number of halogens is 1. The fourth-order valence-electron chi connectivity index (χ4n) is 2.35. The van der Waals surface area contributed by atoms with Gasteiger partial charge in [-0.05, 0) is 18.2 Å². The van der Waals surface area contributed by atoms with Gasteiger partial charge in [-0.15, -0.1) is 0 Å². The van der Waals surface area contributed by atoms with E-state index in [0.717, 1.165) is 27.6 Å². The van der Waals surface area contributed by atoms with E-state index in [2.05, 4.69) is 11.1 Å². The molecule has 0 fully saturated rings. The van der Waals surface area contributed by atoms with Crippen LogP contribution in [0.15, 0.2) is 30.5 Å². The van der Waals surface area contributed by atoms with E-state index in [1.54, 1.807) is 13.3 Å². The first-order valence-electron chi connectivity index (χ1n) is 5.73. The molecular formula is C14H10ClN3O. The molecule has 19 heavy (non-hydrogen) atoms. The second-order valence-corrected chi connectivity index (χ2v) is 4.48. The van der Waals surface area contributed by atoms with Gasteiger partial charge in [0.15, 0.2) is 5.15 Å². The third-order valence-electron chi connectivity index (χ3n) is 3.16. The Hall–Kier alpha value is -2.25. The molecule has 0 aliphatic carbocycles. The van der Waals surface area contributed by atoms with Gasteiger partial charge in [-0.3, -0.25) is 0 Å². The molecule has 0 radical (unpaired) electrons. The molecule has 2 aromatic heterocycles. The molecule has 0 saturated heterocycles. The van der Waals surface area contributed by atoms with Gasteiger partial charge in [-0.1, -0.05) is 11.6 Å². The zero-order valence-corrected chi connectivity index (χ0v) is 11.0. The average molecular weight is 272 g/mol. The molecule has 94 valence electrons. The molecule has 3 rings (SSSR count). The van der Waals surface area contributed by atoms with E-state index in [0.29, 0.717) is 5.15 Å². The Bertz CT molecular complexity index is 817. The van der Waals surface area contributed by atoms with Crippen LogP contribution in [-0.2, 0) is 6.54 Å². The molecule has 0 aliphatic heterocycles. The number of pyridine rings is 1. The number of hydrogen-bond acceptors (Lipinski definition) is 3. The zero-order valence-electron chi connectivity index (χ0n) is 10.2. The van der Waals surface area contributed by atoms with E-state index in [4.69, 9.17) is 21.6 Å². The van der Waals surface area contributed by atoms with Gasteiger partial charge in [0.1, 0.15) is 12.3 Å². The highest BCUT2D eigenvalue weighted by molar-refractivity contribution is 6.35. The SMILES string of the molecule is COc1ccc2c3ccnc(Cl)c3n(CC#N)c2c1. The Balaban J connectivity index is 2.51. The van der Waals surface area contributed by atoms with Crippen molar-refractivity contribution in [3.63, 3.8) is 0 Å². The predicted molar refractivity (Wildman–Crippen MR) is 74.4 cm³/mol. The maximum atomic E-state index is 9.01. The summed E-state index contributed by atoms with van der Waals surface area (Å²) < 4.78 is 7.10. The van der Waals surface area contributed by atoms with Crippen LogP contribution < -0.4 is 4.74 Å². The molecular weight excluding hydrogens is 262 g/mol. The fourth-order valence-corrected chi connectivity index (χ4v) is 2.61. The van der Waals surface area contributed by atoms with Crippen LogP contribution in [0.3, 0.4) is 0 Å². The van der Waals surface area contributed by atoms with Crippen LogP contribution in [0.5, 0.6) is 5.75 Å². The van der Waals surface area contributed by atoms with Crippen molar-refractivity contribution in [1.29, 1.82) is 5.26 Å². The van der Waals surface area contributed by atoms with E-state index in [1.165, 1.54) is 0 Å². The molecule has 2 heterocycles. The van der Waals surface area contributed by atoms with Gasteiger partial charge in [0.05, 0.1) is 24.2 Å². The monoisotopic (exact) mass is 271 g/mol. The summed E-state index contributed by atoms with van der Waals surface area (Å²) in [5.74, 6) is 0.749. The quantitative estimate of drug-likeness (QED) is 0.672. The molecule has 0 saturated carbocycles. The van der Waals surface area contributed by atoms with E-state index >= 15 is 0 Å². The number of benzene rings is 1. The summed E-state index contributed by atoms with van der Waals surface area (Å²) >= 11 is 6.17. The fraction of sp³-hybridized carbons (Fsp3) is 0.143. The minimum Gasteiger partial charge on any atom is -0.497 e. The molecule has 4 nitrogen and oxygen atoms in total. The number of methoxy groups -OCH3 is 1. The van der Waals surface area contributed by atoms with Crippen LogP contribution >= 0.6 is 11.6 Å². The van der Waals surface area contributed by atoms with Crippen LogP contribution in [0.2, 0.25) is 5.15 Å². The van der Waals surface area contributed by atoms with E-state index in [1.807, 2.05) is 28.8 Å². The lowest BCUT2D eigenvalue weighted by Crippen LogP contribution is -1.96. The van der Waals surface area contributed by atoms with Gasteiger partial charge in [0.25, 0.3) is 0 Å². The first-order valence-corrected chi connectivity index (χ1v) is 6.11. The van der Waals surface area contributed by atoms with Crippen molar-refractivity contribution in [2.75, 3.05) is 7.11 Å². The standard InChI is InChI=1S/C14H10ClN3O/c1-19-9-2-3-10-11-4-6-17-14(15)13(11)18(7-5-16)12(10)8-9/h2-4,6,8H,7H2,1H3. The molecule has 5 heteroatoms. The first-order chi connectivity index (χ1) is 9.26. The van der Waals surface area contributed by atoms with Crippen molar-refractivity contribution in [2.24, 2.45) is 0 Å². The first kappa shape index (κ1) is 11.8. The minimum atomic E-state index is 0.221. The lowest BCUT2D eigenvalue weighted by molar-refractivity contribution is 0.415. The summed E-state index contributed by atoms with van der Waals surface area (Å²) in [6.45, 7) is 0.221. The number of nitrogens with zero attached hydrogens (tertiary/aromatic N) is 3. The van der Waals surface area contributed by atoms with Gasteiger partial charge in [-0.2, -0.15) is 5.26 Å². The van der Waals surface area contributed by atoms with E-state index in [-0.39, 0.29) is 6.54 Å². The normalized spacial score (nSPS) is 10.8. The molecule has 0 unspecified atom stereocenters. The third kappa shape index (κ3) is 1.71. The summed E-state index contributed by atoms with van der Waals surface area (Å²) in [4.78, 5) is 4.09. The van der Waals surface area contributed by atoms with Gasteiger partial charge in [-0.25, -0.2) is 4.98 Å². The number of fused-ring (bicyclic) bond motifs is 3. The number of rotatable bonds is 2. The molecule has 0 bridgehead atoms. The topological polar surface area (TPSA) is 50.8 Å². The summed E-state index contributed by atoms with van der Waals surface area (Å²) in [7, 11) is 1.62. The van der Waals surface area contributed by atoms with Crippen molar-refractivity contribution in [1.82, 2.24) is 9.55 Å². The summed E-state index contributed by atoms with van der Waals surface area (Å²) in [6.07, 6.45) is 1.67. The molecule has 0 spiro atoms. The highest BCUT2D eigenvalue weighted by Gasteiger charge is 2.14. The van der Waals surface area contributed by atoms with Crippen LogP contribution in [-0.4, -0.2) is 16.7 Å². The third-order valence-corrected chi connectivity index (χ3v) is 3.44. The Morgan fingerprint density at radius 1 is 1.37 bits per heavy atom. The maximum Gasteiger partial charge on any atom is 0.153 e. The lowest BCUT2D eigenvalue weighted by Gasteiger charge is -2.03. The molecule has 1 aromatic carbocycles. The number of nitriles is 1. The highest BCUT2D eigenvalue weighted by atomic mass is 35.5. The molecule has 0 atom stereocenters. The van der Waals surface area contributed by atoms with Crippen LogP contribution in [0.1, 0.15) is 0 Å². The Morgan fingerprint density at radius 3 is 2.95 bits per heavy atom. The number of hydrogen-bond donors (Lipinski definition) is 0. The second kappa shape index (κ2) is 4.45. The summed E-state index contributed by atoms with van der Waals surface area (Å²) in [5, 5.41) is 11.4. The average Bonchev–Trinajstić information content (AvgIpc) is 2.74. The van der Waals surface area contributed by atoms with Crippen molar-refractivity contribution in [3.8, 4) is 11.8 Å². The lowest BCUT2D eigenvalue weighted by atomic mass is 10.2. The highest BCUT2D eigenvalue weighted by Crippen LogP contribution is 2.33. The molecule has 0 aliphatic rings. The van der Waals surface area contributed by atoms with Crippen molar-refractivity contribution >= 4 is 33.4 Å². The van der Waals surface area contributed by atoms with E-state index in [9.17, 15) is 0 Å². The smallest absolute Gasteiger partial charge is 0.153 e. The Kier molecular flexibility index (Phi) is 2.77. The van der Waals surface area contributed by atoms with Gasteiger partial charge >= 0.3 is 0 Å².